The second-order valence-corrected chi connectivity index (χ2v) is 7.00. The number of aromatic hydroxyl groups is 1. The van der Waals surface area contributed by atoms with E-state index in [1.165, 1.54) is 0 Å². The van der Waals surface area contributed by atoms with Gasteiger partial charge in [-0.1, -0.05) is 31.9 Å². The topological polar surface area (TPSA) is 93.1 Å². The first kappa shape index (κ1) is 21.5. The molecule has 1 aromatic rings. The number of rotatable bonds is 10. The summed E-state index contributed by atoms with van der Waals surface area (Å²) in [5.74, 6) is -0.827. The fourth-order valence-electron chi connectivity index (χ4n) is 3.42. The van der Waals surface area contributed by atoms with Crippen LogP contribution < -0.4 is 4.74 Å². The zero-order valence-corrected chi connectivity index (χ0v) is 17.8. The number of allylic oxidation sites excluding steroid dienone is 2. The number of cyclic esters (lactones) is 1. The summed E-state index contributed by atoms with van der Waals surface area (Å²) in [6, 6.07) is 0. The van der Waals surface area contributed by atoms with Gasteiger partial charge in [0.2, 0.25) is 0 Å². The minimum absolute atomic E-state index is 0.0750. The second-order valence-electron chi connectivity index (χ2n) is 6.38. The van der Waals surface area contributed by atoms with Crippen molar-refractivity contribution in [1.82, 2.24) is 0 Å². The molecule has 0 aromatic heterocycles. The fourth-order valence-corrected chi connectivity index (χ4v) is 3.73. The SMILES string of the molecule is CCC/C(=C\Cc1c(O)c2c(c(CC)c1OCI)COC2=O)CCC(=O)O. The van der Waals surface area contributed by atoms with Gasteiger partial charge in [-0.3, -0.25) is 4.79 Å². The van der Waals surface area contributed by atoms with E-state index < -0.39 is 11.9 Å². The Labute approximate surface area is 172 Å². The number of carbonyl (C=O) groups is 2. The largest absolute Gasteiger partial charge is 0.507 e. The van der Waals surface area contributed by atoms with Gasteiger partial charge in [-0.05, 0) is 48.3 Å². The first-order valence-corrected chi connectivity index (χ1v) is 10.6. The third kappa shape index (κ3) is 4.94. The number of alkyl halides is 1. The van der Waals surface area contributed by atoms with Crippen molar-refractivity contribution in [2.24, 2.45) is 0 Å². The van der Waals surface area contributed by atoms with Crippen molar-refractivity contribution in [3.8, 4) is 11.5 Å². The maximum atomic E-state index is 12.1. The normalized spacial score (nSPS) is 13.4. The van der Waals surface area contributed by atoms with Crippen LogP contribution in [0.1, 0.15) is 66.6 Å². The van der Waals surface area contributed by atoms with E-state index in [1.807, 2.05) is 19.9 Å². The number of esters is 1. The lowest BCUT2D eigenvalue weighted by Crippen LogP contribution is -2.06. The lowest BCUT2D eigenvalue weighted by Gasteiger charge is -2.18. The molecule has 0 fully saturated rings. The van der Waals surface area contributed by atoms with Gasteiger partial charge in [0, 0.05) is 23.1 Å². The van der Waals surface area contributed by atoms with Gasteiger partial charge in [0.25, 0.3) is 0 Å². The van der Waals surface area contributed by atoms with Gasteiger partial charge in [-0.2, -0.15) is 0 Å². The Balaban J connectivity index is 2.47. The summed E-state index contributed by atoms with van der Waals surface area (Å²) in [4.78, 5) is 23.0. The van der Waals surface area contributed by atoms with Crippen molar-refractivity contribution < 1.29 is 29.3 Å². The molecule has 0 radical (unpaired) electrons. The Morgan fingerprint density at radius 3 is 2.59 bits per heavy atom. The minimum Gasteiger partial charge on any atom is -0.507 e. The number of hydrogen-bond donors (Lipinski definition) is 2. The smallest absolute Gasteiger partial charge is 0.342 e. The zero-order chi connectivity index (χ0) is 20.0. The van der Waals surface area contributed by atoms with Crippen molar-refractivity contribution in [2.45, 2.75) is 59.0 Å². The van der Waals surface area contributed by atoms with Crippen LogP contribution in [-0.4, -0.2) is 26.8 Å². The lowest BCUT2D eigenvalue weighted by molar-refractivity contribution is -0.136. The van der Waals surface area contributed by atoms with E-state index in [1.54, 1.807) is 0 Å². The number of hydrogen-bond acceptors (Lipinski definition) is 5. The van der Waals surface area contributed by atoms with Gasteiger partial charge in [0.1, 0.15) is 28.3 Å². The van der Waals surface area contributed by atoms with Crippen LogP contribution in [0, 0.1) is 0 Å². The number of carboxylic acid groups (broad SMARTS) is 1. The van der Waals surface area contributed by atoms with E-state index in [-0.39, 0.29) is 24.3 Å². The summed E-state index contributed by atoms with van der Waals surface area (Å²) < 4.78 is 11.4. The first-order chi connectivity index (χ1) is 12.9. The van der Waals surface area contributed by atoms with Gasteiger partial charge >= 0.3 is 11.9 Å². The maximum Gasteiger partial charge on any atom is 0.342 e. The Bertz CT molecular complexity index is 754. The second kappa shape index (κ2) is 9.96. The molecule has 1 aliphatic rings. The van der Waals surface area contributed by atoms with E-state index in [0.29, 0.717) is 40.8 Å². The Hall–Kier alpha value is -1.77. The molecule has 0 amide bonds. The molecule has 1 aromatic carbocycles. The standard InChI is InChI=1S/C20H25IO6/c1-3-5-12(7-9-16(22)23)6-8-14-18(24)17-15(10-26-20(17)25)13(4-2)19(14)27-11-21/h6,24H,3-5,7-11H2,1-2H3,(H,22,23)/b12-6+. The Kier molecular flexibility index (Phi) is 7.94. The van der Waals surface area contributed by atoms with Crippen molar-refractivity contribution in [3.05, 3.63) is 33.9 Å². The maximum absolute atomic E-state index is 12.1. The molecular formula is C20H25IO6. The minimum atomic E-state index is -0.831. The van der Waals surface area contributed by atoms with Crippen LogP contribution in [-0.2, 0) is 29.0 Å². The van der Waals surface area contributed by atoms with Gasteiger partial charge in [-0.25, -0.2) is 4.79 Å². The number of carbonyl (C=O) groups excluding carboxylic acids is 1. The molecular weight excluding hydrogens is 463 g/mol. The molecule has 27 heavy (non-hydrogen) atoms. The van der Waals surface area contributed by atoms with Crippen LogP contribution >= 0.6 is 22.6 Å². The summed E-state index contributed by atoms with van der Waals surface area (Å²) in [6.45, 7) is 4.17. The summed E-state index contributed by atoms with van der Waals surface area (Å²) >= 11 is 2.10. The quantitative estimate of drug-likeness (QED) is 0.218. The molecule has 0 saturated carbocycles. The number of halogens is 1. The molecule has 0 spiro atoms. The van der Waals surface area contributed by atoms with Gasteiger partial charge in [-0.15, -0.1) is 0 Å². The molecule has 0 bridgehead atoms. The molecule has 6 nitrogen and oxygen atoms in total. The fraction of sp³-hybridized carbons (Fsp3) is 0.500. The average molecular weight is 488 g/mol. The number of phenols is 1. The monoisotopic (exact) mass is 488 g/mol. The van der Waals surface area contributed by atoms with Crippen LogP contribution in [0.3, 0.4) is 0 Å². The summed E-state index contributed by atoms with van der Waals surface area (Å²) in [5, 5.41) is 19.7. The number of phenolic OH excluding ortho intramolecular Hbond substituents is 1. The molecule has 1 heterocycles. The Morgan fingerprint density at radius 1 is 1.26 bits per heavy atom. The van der Waals surface area contributed by atoms with Gasteiger partial charge in [0.15, 0.2) is 0 Å². The molecule has 0 atom stereocenters. The van der Waals surface area contributed by atoms with Gasteiger partial charge < -0.3 is 19.7 Å². The summed E-state index contributed by atoms with van der Waals surface area (Å²) in [7, 11) is 0. The summed E-state index contributed by atoms with van der Waals surface area (Å²) in [6.07, 6.45) is 5.23. The molecule has 2 rings (SSSR count). The molecule has 148 valence electrons. The van der Waals surface area contributed by atoms with Crippen molar-refractivity contribution in [2.75, 3.05) is 4.61 Å². The van der Waals surface area contributed by atoms with E-state index in [0.717, 1.165) is 24.0 Å². The van der Waals surface area contributed by atoms with E-state index in [4.69, 9.17) is 14.6 Å². The van der Waals surface area contributed by atoms with Crippen LogP contribution in [0.2, 0.25) is 0 Å². The van der Waals surface area contributed by atoms with Gasteiger partial charge in [0.05, 0.1) is 0 Å². The molecule has 2 N–H and O–H groups in total. The third-order valence-corrected chi connectivity index (χ3v) is 4.98. The van der Waals surface area contributed by atoms with Crippen LogP contribution in [0.5, 0.6) is 11.5 Å². The average Bonchev–Trinajstić information content (AvgIpc) is 3.01. The zero-order valence-electron chi connectivity index (χ0n) is 15.6. The predicted octanol–water partition coefficient (Wildman–Crippen LogP) is 4.53. The molecule has 0 saturated heterocycles. The first-order valence-electron chi connectivity index (χ1n) is 9.09. The molecule has 1 aliphatic heterocycles. The highest BCUT2D eigenvalue weighted by Crippen LogP contribution is 2.43. The number of carboxylic acids is 1. The predicted molar refractivity (Wildman–Crippen MR) is 110 cm³/mol. The molecule has 7 heteroatoms. The Morgan fingerprint density at radius 2 is 2.00 bits per heavy atom. The van der Waals surface area contributed by atoms with E-state index >= 15 is 0 Å². The molecule has 0 aliphatic carbocycles. The summed E-state index contributed by atoms with van der Waals surface area (Å²) in [5.41, 5.74) is 3.41. The van der Waals surface area contributed by atoms with E-state index in [9.17, 15) is 14.7 Å². The number of fused-ring (bicyclic) bond motifs is 1. The van der Waals surface area contributed by atoms with Crippen molar-refractivity contribution >= 4 is 34.5 Å². The van der Waals surface area contributed by atoms with Crippen molar-refractivity contribution in [3.63, 3.8) is 0 Å². The van der Waals surface area contributed by atoms with E-state index in [2.05, 4.69) is 22.6 Å². The van der Waals surface area contributed by atoms with Crippen molar-refractivity contribution in [1.29, 1.82) is 0 Å². The molecule has 0 unspecified atom stereocenters. The highest BCUT2D eigenvalue weighted by Gasteiger charge is 2.32. The number of aliphatic carboxylic acids is 1. The van der Waals surface area contributed by atoms with Crippen LogP contribution in [0.25, 0.3) is 0 Å². The lowest BCUT2D eigenvalue weighted by atomic mass is 9.92. The van der Waals surface area contributed by atoms with Crippen LogP contribution in [0.15, 0.2) is 11.6 Å². The highest BCUT2D eigenvalue weighted by molar-refractivity contribution is 14.1. The van der Waals surface area contributed by atoms with Crippen LogP contribution in [0.4, 0.5) is 0 Å². The highest BCUT2D eigenvalue weighted by atomic mass is 127. The number of benzene rings is 1. The third-order valence-electron chi connectivity index (χ3n) is 4.67. The number of ether oxygens (including phenoxy) is 2.